The smallest absolute Gasteiger partial charge is 0.337 e. The number of benzene rings is 2. The van der Waals surface area contributed by atoms with E-state index >= 15 is 0 Å². The predicted molar refractivity (Wildman–Crippen MR) is 135 cm³/mol. The summed E-state index contributed by atoms with van der Waals surface area (Å²) in [5.74, 6) is -0.483. The summed E-state index contributed by atoms with van der Waals surface area (Å²) in [6, 6.07) is 5.41. The third-order valence-electron chi connectivity index (χ3n) is 6.80. The summed E-state index contributed by atoms with van der Waals surface area (Å²) in [5, 5.41) is 13.3. The number of phenols is 1. The van der Waals surface area contributed by atoms with Gasteiger partial charge in [-0.3, -0.25) is 14.2 Å². The minimum atomic E-state index is -0.741. The molecule has 4 rings (SSSR count). The van der Waals surface area contributed by atoms with Crippen LogP contribution >= 0.6 is 0 Å². The zero-order valence-electron chi connectivity index (χ0n) is 21.0. The fourth-order valence-corrected chi connectivity index (χ4v) is 4.60. The minimum absolute atomic E-state index is 0.00331. The van der Waals surface area contributed by atoms with Crippen LogP contribution in [0.4, 0.5) is 11.5 Å². The van der Waals surface area contributed by atoms with Gasteiger partial charge in [0.2, 0.25) is 0 Å². The largest absolute Gasteiger partial charge is 0.507 e. The number of anilines is 2. The monoisotopic (exact) mass is 478 g/mol. The first-order valence-corrected chi connectivity index (χ1v) is 11.3. The molecule has 0 spiro atoms. The molecule has 0 radical (unpaired) electrons. The molecule has 0 unspecified atom stereocenters. The number of nitrogens with two attached hydrogens (primary N) is 1. The molecule has 9 heteroatoms. The van der Waals surface area contributed by atoms with Crippen molar-refractivity contribution in [1.82, 2.24) is 9.13 Å². The van der Waals surface area contributed by atoms with Crippen LogP contribution in [0.25, 0.3) is 5.69 Å². The Bertz CT molecular complexity index is 1530. The van der Waals surface area contributed by atoms with Crippen molar-refractivity contribution >= 4 is 17.4 Å². The van der Waals surface area contributed by atoms with E-state index in [4.69, 9.17) is 10.5 Å². The normalized spacial score (nSPS) is 13.9. The molecular formula is C26H30N4O5. The number of carbonyl (C=O) groups is 1. The van der Waals surface area contributed by atoms with Crippen LogP contribution in [0.2, 0.25) is 0 Å². The van der Waals surface area contributed by atoms with Crippen LogP contribution in [-0.2, 0) is 13.5 Å². The van der Waals surface area contributed by atoms with Gasteiger partial charge in [-0.05, 0) is 64.3 Å². The van der Waals surface area contributed by atoms with E-state index in [-0.39, 0.29) is 22.8 Å². The number of ether oxygens (including phenoxy) is 1. The average molecular weight is 479 g/mol. The lowest BCUT2D eigenvalue weighted by molar-refractivity contribution is 0.101. The second kappa shape index (κ2) is 8.04. The maximum Gasteiger partial charge on any atom is 0.337 e. The van der Waals surface area contributed by atoms with Crippen LogP contribution < -0.4 is 27.0 Å². The van der Waals surface area contributed by atoms with Gasteiger partial charge in [-0.15, -0.1) is 0 Å². The van der Waals surface area contributed by atoms with Crippen molar-refractivity contribution in [3.63, 3.8) is 0 Å². The van der Waals surface area contributed by atoms with Gasteiger partial charge in [0.1, 0.15) is 28.6 Å². The number of rotatable bonds is 3. The van der Waals surface area contributed by atoms with Gasteiger partial charge < -0.3 is 20.9 Å². The summed E-state index contributed by atoms with van der Waals surface area (Å²) >= 11 is 0. The third-order valence-corrected chi connectivity index (χ3v) is 6.80. The number of amides is 1. The van der Waals surface area contributed by atoms with Gasteiger partial charge >= 0.3 is 5.69 Å². The summed E-state index contributed by atoms with van der Waals surface area (Å²) in [6.45, 7) is 10.9. The fourth-order valence-electron chi connectivity index (χ4n) is 4.60. The first-order chi connectivity index (χ1) is 16.3. The lowest BCUT2D eigenvalue weighted by Gasteiger charge is -2.20. The number of aromatic hydroxyl groups is 1. The van der Waals surface area contributed by atoms with Gasteiger partial charge in [0.05, 0.1) is 11.3 Å². The Kier molecular flexibility index (Phi) is 5.54. The van der Waals surface area contributed by atoms with Crippen molar-refractivity contribution in [3.05, 3.63) is 72.4 Å². The predicted octanol–water partition coefficient (Wildman–Crippen LogP) is 3.02. The zero-order valence-corrected chi connectivity index (χ0v) is 21.0. The number of nitrogens with zero attached hydrogens (tertiary/aromatic N) is 2. The number of aromatic nitrogens is 2. The summed E-state index contributed by atoms with van der Waals surface area (Å²) in [4.78, 5) is 39.6. The Morgan fingerprint density at radius 2 is 1.77 bits per heavy atom. The Labute approximate surface area is 202 Å². The Hall–Kier alpha value is -4.01. The minimum Gasteiger partial charge on any atom is -0.507 e. The molecule has 1 aromatic heterocycles. The second-order valence-electron chi connectivity index (χ2n) is 9.74. The number of phenolic OH excluding ortho intramolecular Hbond substituents is 1. The van der Waals surface area contributed by atoms with Gasteiger partial charge in [0, 0.05) is 24.6 Å². The highest BCUT2D eigenvalue weighted by atomic mass is 16.5. The summed E-state index contributed by atoms with van der Waals surface area (Å²) < 4.78 is 8.20. The van der Waals surface area contributed by atoms with Gasteiger partial charge in [-0.1, -0.05) is 12.1 Å². The van der Waals surface area contributed by atoms with E-state index in [0.717, 1.165) is 21.3 Å². The van der Waals surface area contributed by atoms with Crippen LogP contribution in [0.5, 0.6) is 11.5 Å². The number of carbonyl (C=O) groups excluding carboxylic acids is 1. The second-order valence-corrected chi connectivity index (χ2v) is 9.74. The molecule has 1 aliphatic rings. The van der Waals surface area contributed by atoms with E-state index in [9.17, 15) is 19.5 Å². The van der Waals surface area contributed by atoms with E-state index in [0.29, 0.717) is 29.0 Å². The molecule has 4 N–H and O–H groups in total. The first kappa shape index (κ1) is 24.1. The lowest BCUT2D eigenvalue weighted by atomic mass is 9.92. The van der Waals surface area contributed by atoms with Crippen molar-refractivity contribution in [3.8, 4) is 17.2 Å². The van der Waals surface area contributed by atoms with Crippen LogP contribution in [0.15, 0.2) is 27.8 Å². The third kappa shape index (κ3) is 3.67. The molecule has 2 heterocycles. The van der Waals surface area contributed by atoms with Crippen LogP contribution in [0.3, 0.4) is 0 Å². The topological polar surface area (TPSA) is 129 Å². The number of hydrogen-bond acceptors (Lipinski definition) is 6. The van der Waals surface area contributed by atoms with Crippen LogP contribution in [0, 0.1) is 27.7 Å². The first-order valence-electron chi connectivity index (χ1n) is 11.3. The molecule has 0 saturated heterocycles. The Morgan fingerprint density at radius 3 is 2.43 bits per heavy atom. The summed E-state index contributed by atoms with van der Waals surface area (Å²) in [7, 11) is 1.33. The SMILES string of the molecule is Cc1cccc(-n2c(N)c(NC(=O)c3c(C)c(O)c(C)c4c3OC(C)(C)C4)c(=O)n(C)c2=O)c1C. The summed E-state index contributed by atoms with van der Waals surface area (Å²) in [6.07, 6.45) is 0.518. The maximum atomic E-state index is 13.5. The molecule has 0 bridgehead atoms. The number of nitrogens with one attached hydrogen (secondary N) is 1. The van der Waals surface area contributed by atoms with Gasteiger partial charge in [-0.25, -0.2) is 9.36 Å². The van der Waals surface area contributed by atoms with Crippen LogP contribution in [0.1, 0.15) is 52.0 Å². The molecule has 9 nitrogen and oxygen atoms in total. The van der Waals surface area contributed by atoms with E-state index in [1.807, 2.05) is 33.8 Å². The van der Waals surface area contributed by atoms with Crippen molar-refractivity contribution in [1.29, 1.82) is 0 Å². The standard InChI is InChI=1S/C26H30N4O5/c1-12-9-8-10-17(13(12)2)30-22(27)19(24(33)29(7)25(30)34)28-23(32)18-15(4)20(31)14(3)16-11-26(5,6)35-21(16)18/h8-10,31H,11,27H2,1-7H3,(H,28,32). The van der Waals surface area contributed by atoms with Crippen molar-refractivity contribution in [2.45, 2.75) is 53.6 Å². The Balaban J connectivity index is 1.91. The van der Waals surface area contributed by atoms with E-state index < -0.39 is 22.8 Å². The molecule has 0 saturated carbocycles. The fraction of sp³-hybridized carbons (Fsp3) is 0.346. The molecule has 184 valence electrons. The number of fused-ring (bicyclic) bond motifs is 1. The van der Waals surface area contributed by atoms with Crippen LogP contribution in [-0.4, -0.2) is 25.7 Å². The molecule has 1 aliphatic heterocycles. The molecule has 3 aromatic rings. The molecule has 0 atom stereocenters. The highest BCUT2D eigenvalue weighted by Crippen LogP contribution is 2.45. The van der Waals surface area contributed by atoms with Gasteiger partial charge in [-0.2, -0.15) is 0 Å². The van der Waals surface area contributed by atoms with E-state index in [2.05, 4.69) is 5.32 Å². The number of nitrogen functional groups attached to an aromatic ring is 1. The van der Waals surface area contributed by atoms with Crippen molar-refractivity contribution in [2.75, 3.05) is 11.1 Å². The van der Waals surface area contributed by atoms with Crippen molar-refractivity contribution in [2.24, 2.45) is 7.05 Å². The Morgan fingerprint density at radius 1 is 1.11 bits per heavy atom. The average Bonchev–Trinajstić information content (AvgIpc) is 3.11. The van der Waals surface area contributed by atoms with Gasteiger partial charge in [0.15, 0.2) is 0 Å². The molecule has 0 aliphatic carbocycles. The highest BCUT2D eigenvalue weighted by molar-refractivity contribution is 6.09. The number of aryl methyl sites for hydroxylation is 1. The molecule has 1 amide bonds. The van der Waals surface area contributed by atoms with E-state index in [1.54, 1.807) is 26.0 Å². The molecular weight excluding hydrogens is 448 g/mol. The highest BCUT2D eigenvalue weighted by Gasteiger charge is 2.37. The molecule has 2 aromatic carbocycles. The van der Waals surface area contributed by atoms with Gasteiger partial charge in [0.25, 0.3) is 11.5 Å². The van der Waals surface area contributed by atoms with Crippen molar-refractivity contribution < 1.29 is 14.6 Å². The lowest BCUT2D eigenvalue weighted by Crippen LogP contribution is -2.41. The molecule has 35 heavy (non-hydrogen) atoms. The number of hydrogen-bond donors (Lipinski definition) is 3. The van der Waals surface area contributed by atoms with E-state index in [1.165, 1.54) is 11.6 Å². The quantitative estimate of drug-likeness (QED) is 0.531. The maximum absolute atomic E-state index is 13.5. The molecule has 0 fully saturated rings. The summed E-state index contributed by atoms with van der Waals surface area (Å²) in [5.41, 5.74) is 8.27. The zero-order chi connectivity index (χ0) is 26.0.